The molecule has 0 saturated carbocycles. The summed E-state index contributed by atoms with van der Waals surface area (Å²) in [5.41, 5.74) is 7.26. The van der Waals surface area contributed by atoms with Crippen LogP contribution in [0, 0.1) is 0 Å². The molecule has 0 aromatic carbocycles. The van der Waals surface area contributed by atoms with Crippen molar-refractivity contribution >= 4 is 22.1 Å². The van der Waals surface area contributed by atoms with E-state index < -0.39 is 0 Å². The normalized spacial score (nSPS) is 19.2. The van der Waals surface area contributed by atoms with Crippen LogP contribution in [0.1, 0.15) is 12.6 Å². The van der Waals surface area contributed by atoms with Crippen LogP contribution in [0.2, 0.25) is 0 Å². The van der Waals surface area contributed by atoms with Gasteiger partial charge in [-0.3, -0.25) is 4.40 Å². The molecule has 1 fully saturated rings. The van der Waals surface area contributed by atoms with Crippen LogP contribution in [0.5, 0.6) is 0 Å². The Bertz CT molecular complexity index is 550. The maximum Gasteiger partial charge on any atom is 0.195 e. The largest absolute Gasteiger partial charge is 0.352 e. The third kappa shape index (κ3) is 2.48. The zero-order chi connectivity index (χ0) is 13.4. The maximum atomic E-state index is 6.00. The molecule has 0 bridgehead atoms. The highest BCUT2D eigenvalue weighted by atomic mass is 32.1. The zero-order valence-electron chi connectivity index (χ0n) is 11.5. The monoisotopic (exact) mass is 279 g/mol. The number of aromatic nitrogens is 2. The summed E-state index contributed by atoms with van der Waals surface area (Å²) >= 11 is 1.69. The summed E-state index contributed by atoms with van der Waals surface area (Å²) in [5, 5.41) is 2.08. The minimum Gasteiger partial charge on any atom is -0.352 e. The van der Waals surface area contributed by atoms with Crippen molar-refractivity contribution in [2.75, 3.05) is 38.1 Å². The number of anilines is 1. The van der Waals surface area contributed by atoms with Crippen LogP contribution < -0.4 is 10.6 Å². The van der Waals surface area contributed by atoms with Crippen molar-refractivity contribution < 1.29 is 0 Å². The molecule has 6 heteroatoms. The average molecular weight is 279 g/mol. The lowest BCUT2D eigenvalue weighted by atomic mass is 10.2. The van der Waals surface area contributed by atoms with Gasteiger partial charge in [0.15, 0.2) is 10.8 Å². The molecule has 1 saturated heterocycles. The van der Waals surface area contributed by atoms with Gasteiger partial charge < -0.3 is 15.5 Å². The van der Waals surface area contributed by atoms with Gasteiger partial charge in [0, 0.05) is 50.2 Å². The predicted molar refractivity (Wildman–Crippen MR) is 80.1 cm³/mol. The SMILES string of the molecule is CC(N)Cc1c(N2CCN(C)CC2)nc2sccn12. The molecule has 5 nitrogen and oxygen atoms in total. The van der Waals surface area contributed by atoms with Gasteiger partial charge in [0.25, 0.3) is 0 Å². The lowest BCUT2D eigenvalue weighted by molar-refractivity contribution is 0.312. The zero-order valence-corrected chi connectivity index (χ0v) is 12.4. The number of imidazole rings is 1. The van der Waals surface area contributed by atoms with Crippen molar-refractivity contribution in [1.29, 1.82) is 0 Å². The molecule has 19 heavy (non-hydrogen) atoms. The van der Waals surface area contributed by atoms with E-state index in [9.17, 15) is 0 Å². The first-order chi connectivity index (χ1) is 9.15. The molecule has 2 aromatic heterocycles. The number of nitrogens with zero attached hydrogens (tertiary/aromatic N) is 4. The number of piperazine rings is 1. The van der Waals surface area contributed by atoms with Crippen molar-refractivity contribution in [2.24, 2.45) is 5.73 Å². The van der Waals surface area contributed by atoms with Crippen LogP contribution in [0.15, 0.2) is 11.6 Å². The second-order valence-electron chi connectivity index (χ2n) is 5.41. The number of fused-ring (bicyclic) bond motifs is 1. The Labute approximate surface area is 117 Å². The summed E-state index contributed by atoms with van der Waals surface area (Å²) in [6, 6.07) is 0.158. The Kier molecular flexibility index (Phi) is 3.47. The molecule has 3 heterocycles. The lowest BCUT2D eigenvalue weighted by Gasteiger charge is -2.33. The fourth-order valence-electron chi connectivity index (χ4n) is 2.59. The van der Waals surface area contributed by atoms with Crippen molar-refractivity contribution in [2.45, 2.75) is 19.4 Å². The van der Waals surface area contributed by atoms with E-state index in [1.807, 2.05) is 0 Å². The smallest absolute Gasteiger partial charge is 0.195 e. The third-order valence-corrected chi connectivity index (χ3v) is 4.41. The van der Waals surface area contributed by atoms with E-state index in [-0.39, 0.29) is 6.04 Å². The van der Waals surface area contributed by atoms with Gasteiger partial charge in [0.2, 0.25) is 0 Å². The number of hydrogen-bond acceptors (Lipinski definition) is 5. The molecular weight excluding hydrogens is 258 g/mol. The second kappa shape index (κ2) is 5.11. The summed E-state index contributed by atoms with van der Waals surface area (Å²) in [7, 11) is 2.17. The Hall–Kier alpha value is -1.11. The van der Waals surface area contributed by atoms with Gasteiger partial charge in [-0.1, -0.05) is 0 Å². The van der Waals surface area contributed by atoms with E-state index in [1.165, 1.54) is 5.69 Å². The summed E-state index contributed by atoms with van der Waals surface area (Å²) in [6.07, 6.45) is 2.98. The van der Waals surface area contributed by atoms with E-state index >= 15 is 0 Å². The molecule has 0 amide bonds. The summed E-state index contributed by atoms with van der Waals surface area (Å²) in [6.45, 7) is 6.35. The number of hydrogen-bond donors (Lipinski definition) is 1. The molecule has 1 unspecified atom stereocenters. The van der Waals surface area contributed by atoms with E-state index in [0.717, 1.165) is 43.4 Å². The summed E-state index contributed by atoms with van der Waals surface area (Å²) < 4.78 is 2.20. The maximum absolute atomic E-state index is 6.00. The summed E-state index contributed by atoms with van der Waals surface area (Å²) in [4.78, 5) is 10.6. The highest BCUT2D eigenvalue weighted by Crippen LogP contribution is 2.26. The first-order valence-electron chi connectivity index (χ1n) is 6.78. The molecule has 104 valence electrons. The minimum absolute atomic E-state index is 0.158. The van der Waals surface area contributed by atoms with E-state index in [4.69, 9.17) is 10.7 Å². The van der Waals surface area contributed by atoms with Crippen LogP contribution >= 0.6 is 11.3 Å². The molecule has 1 atom stereocenters. The van der Waals surface area contributed by atoms with Gasteiger partial charge in [0.05, 0.1) is 5.69 Å². The molecule has 0 aliphatic carbocycles. The number of rotatable bonds is 3. The highest BCUT2D eigenvalue weighted by Gasteiger charge is 2.22. The Morgan fingerprint density at radius 1 is 1.37 bits per heavy atom. The van der Waals surface area contributed by atoms with Crippen LogP contribution in [-0.2, 0) is 6.42 Å². The van der Waals surface area contributed by atoms with Crippen molar-refractivity contribution in [3.63, 3.8) is 0 Å². The van der Waals surface area contributed by atoms with E-state index in [1.54, 1.807) is 11.3 Å². The quantitative estimate of drug-likeness (QED) is 0.912. The predicted octanol–water partition coefficient (Wildman–Crippen LogP) is 1.04. The molecular formula is C13H21N5S. The number of likely N-dealkylation sites (N-methyl/N-ethyl adjacent to an activating group) is 1. The molecule has 2 aromatic rings. The Balaban J connectivity index is 1.95. The van der Waals surface area contributed by atoms with E-state index in [0.29, 0.717) is 0 Å². The van der Waals surface area contributed by atoms with Gasteiger partial charge in [-0.25, -0.2) is 4.98 Å². The second-order valence-corrected chi connectivity index (χ2v) is 6.28. The van der Waals surface area contributed by atoms with Crippen LogP contribution in [-0.4, -0.2) is 53.6 Å². The minimum atomic E-state index is 0.158. The van der Waals surface area contributed by atoms with Gasteiger partial charge in [-0.15, -0.1) is 11.3 Å². The molecule has 2 N–H and O–H groups in total. The molecule has 0 spiro atoms. The molecule has 1 aliphatic rings. The van der Waals surface area contributed by atoms with Crippen molar-refractivity contribution in [3.05, 3.63) is 17.3 Å². The summed E-state index contributed by atoms with van der Waals surface area (Å²) in [5.74, 6) is 1.14. The average Bonchev–Trinajstić information content (AvgIpc) is 2.93. The van der Waals surface area contributed by atoms with E-state index in [2.05, 4.69) is 39.7 Å². The van der Waals surface area contributed by atoms with Gasteiger partial charge in [0.1, 0.15) is 0 Å². The third-order valence-electron chi connectivity index (χ3n) is 3.66. The highest BCUT2D eigenvalue weighted by molar-refractivity contribution is 7.15. The number of nitrogens with two attached hydrogens (primary N) is 1. The first kappa shape index (κ1) is 12.9. The Morgan fingerprint density at radius 2 is 2.11 bits per heavy atom. The number of thiazole rings is 1. The lowest BCUT2D eigenvalue weighted by Crippen LogP contribution is -2.45. The topological polar surface area (TPSA) is 49.8 Å². The van der Waals surface area contributed by atoms with Crippen LogP contribution in [0.3, 0.4) is 0 Å². The van der Waals surface area contributed by atoms with Gasteiger partial charge in [-0.05, 0) is 14.0 Å². The molecule has 1 aliphatic heterocycles. The fraction of sp³-hybridized carbons (Fsp3) is 0.615. The van der Waals surface area contributed by atoms with Gasteiger partial charge >= 0.3 is 0 Å². The Morgan fingerprint density at radius 3 is 2.79 bits per heavy atom. The first-order valence-corrected chi connectivity index (χ1v) is 7.66. The van der Waals surface area contributed by atoms with Crippen LogP contribution in [0.4, 0.5) is 5.82 Å². The van der Waals surface area contributed by atoms with Crippen LogP contribution in [0.25, 0.3) is 4.96 Å². The van der Waals surface area contributed by atoms with Gasteiger partial charge in [-0.2, -0.15) is 0 Å². The molecule has 3 rings (SSSR count). The molecule has 0 radical (unpaired) electrons. The standard InChI is InChI=1S/C13H21N5S/c1-10(14)9-11-12(15-13-18(11)7-8-19-13)17-5-3-16(2)4-6-17/h7-8,10H,3-6,9,14H2,1-2H3. The fourth-order valence-corrected chi connectivity index (χ4v) is 3.32. The van der Waals surface area contributed by atoms with Crippen molar-refractivity contribution in [3.8, 4) is 0 Å². The van der Waals surface area contributed by atoms with Crippen molar-refractivity contribution in [1.82, 2.24) is 14.3 Å².